The number of benzene rings is 1. The van der Waals surface area contributed by atoms with Crippen LogP contribution in [0, 0.1) is 11.7 Å². The predicted octanol–water partition coefficient (Wildman–Crippen LogP) is 4.57. The highest BCUT2D eigenvalue weighted by atomic mass is 32.2. The van der Waals surface area contributed by atoms with Gasteiger partial charge in [0.2, 0.25) is 10.0 Å². The third-order valence-corrected chi connectivity index (χ3v) is 6.00. The molecule has 0 amide bonds. The molecule has 0 radical (unpaired) electrons. The van der Waals surface area contributed by atoms with Crippen LogP contribution < -0.4 is 9.46 Å². The van der Waals surface area contributed by atoms with E-state index in [1.54, 1.807) is 12.1 Å². The average Bonchev–Trinajstić information content (AvgIpc) is 3.40. The lowest BCUT2D eigenvalue weighted by Gasteiger charge is -2.19. The van der Waals surface area contributed by atoms with E-state index in [1.165, 1.54) is 6.07 Å². The second-order valence-electron chi connectivity index (χ2n) is 6.90. The molecule has 1 aromatic carbocycles. The van der Waals surface area contributed by atoms with Crippen LogP contribution in [-0.4, -0.2) is 20.8 Å². The first-order chi connectivity index (χ1) is 11.9. The summed E-state index contributed by atoms with van der Waals surface area (Å²) in [5, 5.41) is 0. The van der Waals surface area contributed by atoms with Crippen LogP contribution in [0.1, 0.15) is 70.4 Å². The van der Waals surface area contributed by atoms with Gasteiger partial charge in [0.15, 0.2) is 11.6 Å². The highest BCUT2D eigenvalue weighted by molar-refractivity contribution is 7.89. The van der Waals surface area contributed by atoms with E-state index >= 15 is 0 Å². The maximum Gasteiger partial charge on any atom is 0.212 e. The van der Waals surface area contributed by atoms with Crippen LogP contribution in [0.4, 0.5) is 4.39 Å². The van der Waals surface area contributed by atoms with Crippen molar-refractivity contribution in [3.63, 3.8) is 0 Å². The van der Waals surface area contributed by atoms with Crippen molar-refractivity contribution in [3.8, 4) is 5.75 Å². The standard InChI is InChI=1S/C19H30FNO3S/c1-3-5-6-7-12-25(22,23)21-18(4-2)16-10-11-17(20)19(13-16)24-14-15-8-9-15/h10-11,13,15,18,21H,3-9,12,14H2,1-2H3/t18-/m1/s1. The summed E-state index contributed by atoms with van der Waals surface area (Å²) < 4.78 is 46.8. The number of halogens is 1. The third-order valence-electron chi connectivity index (χ3n) is 4.53. The number of hydrogen-bond donors (Lipinski definition) is 1. The molecule has 2 rings (SSSR count). The Morgan fingerprint density at radius 3 is 2.64 bits per heavy atom. The van der Waals surface area contributed by atoms with Crippen LogP contribution in [0.15, 0.2) is 18.2 Å². The normalized spacial score (nSPS) is 16.0. The number of hydrogen-bond acceptors (Lipinski definition) is 3. The van der Waals surface area contributed by atoms with Gasteiger partial charge in [-0.25, -0.2) is 17.5 Å². The summed E-state index contributed by atoms with van der Waals surface area (Å²) >= 11 is 0. The van der Waals surface area contributed by atoms with Crippen LogP contribution in [0.2, 0.25) is 0 Å². The fourth-order valence-electron chi connectivity index (χ4n) is 2.72. The molecule has 0 spiro atoms. The topological polar surface area (TPSA) is 55.4 Å². The molecule has 4 nitrogen and oxygen atoms in total. The third kappa shape index (κ3) is 6.94. The zero-order valence-electron chi connectivity index (χ0n) is 15.3. The molecule has 1 saturated carbocycles. The number of nitrogens with one attached hydrogen (secondary N) is 1. The minimum absolute atomic E-state index is 0.135. The van der Waals surface area contributed by atoms with Gasteiger partial charge in [0, 0.05) is 6.04 Å². The summed E-state index contributed by atoms with van der Waals surface area (Å²) in [5.41, 5.74) is 0.742. The van der Waals surface area contributed by atoms with Crippen molar-refractivity contribution in [1.29, 1.82) is 0 Å². The van der Waals surface area contributed by atoms with Gasteiger partial charge in [0.05, 0.1) is 12.4 Å². The minimum Gasteiger partial charge on any atom is -0.490 e. The quantitative estimate of drug-likeness (QED) is 0.548. The summed E-state index contributed by atoms with van der Waals surface area (Å²) in [5.74, 6) is 0.480. The van der Waals surface area contributed by atoms with Gasteiger partial charge in [-0.05, 0) is 49.3 Å². The second kappa shape index (κ2) is 9.53. The molecule has 1 fully saturated rings. The number of unbranched alkanes of at least 4 members (excludes halogenated alkanes) is 3. The first kappa shape index (κ1) is 20.2. The van der Waals surface area contributed by atoms with Gasteiger partial charge in [0.1, 0.15) is 0 Å². The number of rotatable bonds is 12. The van der Waals surface area contributed by atoms with Gasteiger partial charge in [-0.2, -0.15) is 0 Å². The molecule has 1 aliphatic rings. The second-order valence-corrected chi connectivity index (χ2v) is 8.78. The lowest BCUT2D eigenvalue weighted by Crippen LogP contribution is -2.30. The van der Waals surface area contributed by atoms with Crippen molar-refractivity contribution in [2.45, 2.75) is 64.8 Å². The average molecular weight is 372 g/mol. The first-order valence-electron chi connectivity index (χ1n) is 9.37. The monoisotopic (exact) mass is 371 g/mol. The molecule has 1 aliphatic carbocycles. The van der Waals surface area contributed by atoms with Crippen LogP contribution >= 0.6 is 0 Å². The van der Waals surface area contributed by atoms with Gasteiger partial charge in [0.25, 0.3) is 0 Å². The summed E-state index contributed by atoms with van der Waals surface area (Å²) in [4.78, 5) is 0. The van der Waals surface area contributed by atoms with Gasteiger partial charge in [-0.15, -0.1) is 0 Å². The van der Waals surface area contributed by atoms with E-state index in [2.05, 4.69) is 11.6 Å². The van der Waals surface area contributed by atoms with Crippen molar-refractivity contribution < 1.29 is 17.5 Å². The number of sulfonamides is 1. The Balaban J connectivity index is 1.99. The Kier molecular flexibility index (Phi) is 7.69. The van der Waals surface area contributed by atoms with Crippen molar-refractivity contribution in [3.05, 3.63) is 29.6 Å². The smallest absolute Gasteiger partial charge is 0.212 e. The molecule has 6 heteroatoms. The molecule has 1 atom stereocenters. The van der Waals surface area contributed by atoms with Crippen LogP contribution in [-0.2, 0) is 10.0 Å². The van der Waals surface area contributed by atoms with Gasteiger partial charge in [-0.1, -0.05) is 39.2 Å². The Morgan fingerprint density at radius 2 is 2.00 bits per heavy atom. The lowest BCUT2D eigenvalue weighted by atomic mass is 10.1. The van der Waals surface area contributed by atoms with Crippen molar-refractivity contribution in [2.24, 2.45) is 5.92 Å². The van der Waals surface area contributed by atoms with Crippen LogP contribution in [0.3, 0.4) is 0 Å². The molecule has 0 aromatic heterocycles. The van der Waals surface area contributed by atoms with Crippen LogP contribution in [0.25, 0.3) is 0 Å². The Labute approximate surface area is 151 Å². The van der Waals surface area contributed by atoms with Crippen molar-refractivity contribution in [2.75, 3.05) is 12.4 Å². The fraction of sp³-hybridized carbons (Fsp3) is 0.684. The highest BCUT2D eigenvalue weighted by Gasteiger charge is 2.23. The van der Waals surface area contributed by atoms with Gasteiger partial charge in [-0.3, -0.25) is 0 Å². The Hall–Kier alpha value is -1.14. The summed E-state index contributed by atoms with van der Waals surface area (Å²) in [7, 11) is -3.34. The molecule has 0 heterocycles. The largest absolute Gasteiger partial charge is 0.490 e. The molecule has 0 saturated heterocycles. The van der Waals surface area contributed by atoms with E-state index in [1.807, 2.05) is 6.92 Å². The van der Waals surface area contributed by atoms with Gasteiger partial charge >= 0.3 is 0 Å². The Morgan fingerprint density at radius 1 is 1.24 bits per heavy atom. The summed E-state index contributed by atoms with van der Waals surface area (Å²) in [6.45, 7) is 4.54. The SMILES string of the molecule is CCCCCCS(=O)(=O)N[C@H](CC)c1ccc(F)c(OCC2CC2)c1. The molecular formula is C19H30FNO3S. The maximum atomic E-state index is 13.9. The molecular weight excluding hydrogens is 341 g/mol. The van der Waals surface area contributed by atoms with E-state index in [0.717, 1.165) is 37.7 Å². The molecule has 0 bridgehead atoms. The number of ether oxygens (including phenoxy) is 1. The molecule has 0 unspecified atom stereocenters. The van der Waals surface area contributed by atoms with Crippen LogP contribution in [0.5, 0.6) is 5.75 Å². The molecule has 1 N–H and O–H groups in total. The van der Waals surface area contributed by atoms with Gasteiger partial charge < -0.3 is 4.74 Å². The maximum absolute atomic E-state index is 13.9. The fourth-order valence-corrected chi connectivity index (χ4v) is 4.16. The molecule has 25 heavy (non-hydrogen) atoms. The van der Waals surface area contributed by atoms with E-state index in [0.29, 0.717) is 25.4 Å². The lowest BCUT2D eigenvalue weighted by molar-refractivity contribution is 0.284. The zero-order valence-corrected chi connectivity index (χ0v) is 16.1. The highest BCUT2D eigenvalue weighted by Crippen LogP contribution is 2.31. The minimum atomic E-state index is -3.34. The summed E-state index contributed by atoms with van der Waals surface area (Å²) in [6, 6.07) is 4.26. The van der Waals surface area contributed by atoms with E-state index in [-0.39, 0.29) is 17.5 Å². The Bertz CT molecular complexity index is 644. The molecule has 1 aromatic rings. The van der Waals surface area contributed by atoms with E-state index < -0.39 is 15.8 Å². The summed E-state index contributed by atoms with van der Waals surface area (Å²) in [6.07, 6.45) is 6.58. The van der Waals surface area contributed by atoms with Crippen molar-refractivity contribution in [1.82, 2.24) is 4.72 Å². The predicted molar refractivity (Wildman–Crippen MR) is 98.7 cm³/mol. The van der Waals surface area contributed by atoms with E-state index in [9.17, 15) is 12.8 Å². The van der Waals surface area contributed by atoms with Crippen molar-refractivity contribution >= 4 is 10.0 Å². The first-order valence-corrected chi connectivity index (χ1v) is 11.0. The van der Waals surface area contributed by atoms with E-state index in [4.69, 9.17) is 4.74 Å². The molecule has 142 valence electrons. The zero-order chi connectivity index (χ0) is 18.3. The molecule has 0 aliphatic heterocycles.